The normalized spacial score (nSPS) is 10.2. The third-order valence-corrected chi connectivity index (χ3v) is 3.50. The highest BCUT2D eigenvalue weighted by Crippen LogP contribution is 2.20. The number of carbonyl (C=O) groups is 1. The smallest absolute Gasteiger partial charge is 0.234 e. The zero-order chi connectivity index (χ0) is 12.5. The summed E-state index contributed by atoms with van der Waals surface area (Å²) in [5, 5.41) is 3.35. The summed E-state index contributed by atoms with van der Waals surface area (Å²) < 4.78 is 0. The SMILES string of the molecule is NCCCCSCC(=O)Nc1ccccc1Cl. The Bertz CT molecular complexity index is 360. The van der Waals surface area contributed by atoms with Crippen LogP contribution in [0.15, 0.2) is 24.3 Å². The predicted octanol–water partition coefficient (Wildman–Crippen LogP) is 2.75. The number of nitrogens with one attached hydrogen (secondary N) is 1. The van der Waals surface area contributed by atoms with E-state index in [2.05, 4.69) is 5.32 Å². The quantitative estimate of drug-likeness (QED) is 0.751. The van der Waals surface area contributed by atoms with Crippen molar-refractivity contribution in [2.45, 2.75) is 12.8 Å². The highest BCUT2D eigenvalue weighted by molar-refractivity contribution is 7.99. The first-order valence-electron chi connectivity index (χ1n) is 5.56. The van der Waals surface area contributed by atoms with Crippen molar-refractivity contribution in [1.29, 1.82) is 0 Å². The van der Waals surface area contributed by atoms with Crippen LogP contribution in [0.5, 0.6) is 0 Å². The minimum atomic E-state index is -0.0177. The molecular weight excluding hydrogens is 256 g/mol. The average Bonchev–Trinajstić information content (AvgIpc) is 2.32. The number of carbonyl (C=O) groups excluding carboxylic acids is 1. The summed E-state index contributed by atoms with van der Waals surface area (Å²) in [6, 6.07) is 7.22. The van der Waals surface area contributed by atoms with E-state index in [1.165, 1.54) is 0 Å². The summed E-state index contributed by atoms with van der Waals surface area (Å²) in [7, 11) is 0. The molecule has 0 fully saturated rings. The molecule has 0 heterocycles. The lowest BCUT2D eigenvalue weighted by molar-refractivity contribution is -0.113. The van der Waals surface area contributed by atoms with Gasteiger partial charge in [0.1, 0.15) is 0 Å². The van der Waals surface area contributed by atoms with Crippen LogP contribution >= 0.6 is 23.4 Å². The molecular formula is C12H17ClN2OS. The first-order chi connectivity index (χ1) is 8.24. The second-order valence-corrected chi connectivity index (χ2v) is 5.09. The lowest BCUT2D eigenvalue weighted by Crippen LogP contribution is -2.14. The number of anilines is 1. The van der Waals surface area contributed by atoms with Crippen LogP contribution in [0.4, 0.5) is 5.69 Å². The molecule has 17 heavy (non-hydrogen) atoms. The standard InChI is InChI=1S/C12H17ClN2OS/c13-10-5-1-2-6-11(10)15-12(16)9-17-8-4-3-7-14/h1-2,5-6H,3-4,7-9,14H2,(H,15,16). The Morgan fingerprint density at radius 1 is 1.35 bits per heavy atom. The number of thioether (sulfide) groups is 1. The molecule has 0 unspecified atom stereocenters. The highest BCUT2D eigenvalue weighted by atomic mass is 35.5. The second-order valence-electron chi connectivity index (χ2n) is 3.58. The van der Waals surface area contributed by atoms with E-state index in [0.717, 1.165) is 18.6 Å². The van der Waals surface area contributed by atoms with E-state index in [9.17, 15) is 4.79 Å². The van der Waals surface area contributed by atoms with Gasteiger partial charge in [-0.1, -0.05) is 23.7 Å². The molecule has 5 heteroatoms. The van der Waals surface area contributed by atoms with Gasteiger partial charge < -0.3 is 11.1 Å². The van der Waals surface area contributed by atoms with Crippen LogP contribution in [0.2, 0.25) is 5.02 Å². The van der Waals surface area contributed by atoms with Gasteiger partial charge in [-0.05, 0) is 37.3 Å². The number of hydrogen-bond acceptors (Lipinski definition) is 3. The summed E-state index contributed by atoms with van der Waals surface area (Å²) in [5.41, 5.74) is 6.05. The molecule has 0 saturated carbocycles. The lowest BCUT2D eigenvalue weighted by atomic mass is 10.3. The summed E-state index contributed by atoms with van der Waals surface area (Å²) in [6.07, 6.45) is 2.07. The van der Waals surface area contributed by atoms with Crippen molar-refractivity contribution < 1.29 is 4.79 Å². The molecule has 1 amide bonds. The van der Waals surface area contributed by atoms with E-state index in [0.29, 0.717) is 23.0 Å². The number of nitrogens with two attached hydrogens (primary N) is 1. The molecule has 94 valence electrons. The van der Waals surface area contributed by atoms with Gasteiger partial charge >= 0.3 is 0 Å². The maximum Gasteiger partial charge on any atom is 0.234 e. The van der Waals surface area contributed by atoms with Crippen molar-refractivity contribution in [3.63, 3.8) is 0 Å². The molecule has 0 aliphatic rings. The fourth-order valence-corrected chi connectivity index (χ4v) is 2.26. The largest absolute Gasteiger partial charge is 0.330 e. The van der Waals surface area contributed by atoms with Crippen LogP contribution in [0.3, 0.4) is 0 Å². The Kier molecular flexibility index (Phi) is 7.08. The Balaban J connectivity index is 2.23. The van der Waals surface area contributed by atoms with Crippen LogP contribution < -0.4 is 11.1 Å². The molecule has 1 rings (SSSR count). The van der Waals surface area contributed by atoms with Crippen LogP contribution in [0, 0.1) is 0 Å². The fraction of sp³-hybridized carbons (Fsp3) is 0.417. The Hall–Kier alpha value is -0.710. The second kappa shape index (κ2) is 8.39. The zero-order valence-corrected chi connectivity index (χ0v) is 11.2. The topological polar surface area (TPSA) is 55.1 Å². The van der Waals surface area contributed by atoms with E-state index in [-0.39, 0.29) is 5.91 Å². The first kappa shape index (κ1) is 14.4. The van der Waals surface area contributed by atoms with Crippen molar-refractivity contribution in [3.8, 4) is 0 Å². The van der Waals surface area contributed by atoms with E-state index in [1.807, 2.05) is 12.1 Å². The maximum atomic E-state index is 11.6. The molecule has 0 aliphatic heterocycles. The Morgan fingerprint density at radius 3 is 2.82 bits per heavy atom. The summed E-state index contributed by atoms with van der Waals surface area (Å²) >= 11 is 7.55. The third kappa shape index (κ3) is 5.96. The van der Waals surface area contributed by atoms with Gasteiger partial charge in [-0.2, -0.15) is 11.8 Å². The molecule has 3 N–H and O–H groups in total. The number of unbranched alkanes of at least 4 members (excludes halogenated alkanes) is 1. The van der Waals surface area contributed by atoms with E-state index >= 15 is 0 Å². The first-order valence-corrected chi connectivity index (χ1v) is 7.09. The minimum Gasteiger partial charge on any atom is -0.330 e. The molecule has 0 saturated heterocycles. The van der Waals surface area contributed by atoms with Gasteiger partial charge in [-0.25, -0.2) is 0 Å². The van der Waals surface area contributed by atoms with Crippen molar-refractivity contribution in [1.82, 2.24) is 0 Å². The van der Waals surface area contributed by atoms with Gasteiger partial charge in [0.05, 0.1) is 16.5 Å². The average molecular weight is 273 g/mol. The Labute approximate surface area is 111 Å². The summed E-state index contributed by atoms with van der Waals surface area (Å²) in [4.78, 5) is 11.6. The molecule has 3 nitrogen and oxygen atoms in total. The number of para-hydroxylation sites is 1. The zero-order valence-electron chi connectivity index (χ0n) is 9.62. The predicted molar refractivity (Wildman–Crippen MR) is 75.7 cm³/mol. The number of hydrogen-bond donors (Lipinski definition) is 2. The molecule has 0 aliphatic carbocycles. The number of halogens is 1. The van der Waals surface area contributed by atoms with Crippen LogP contribution in [0.25, 0.3) is 0 Å². The molecule has 1 aromatic carbocycles. The third-order valence-electron chi connectivity index (χ3n) is 2.12. The van der Waals surface area contributed by atoms with Crippen molar-refractivity contribution in [3.05, 3.63) is 29.3 Å². The van der Waals surface area contributed by atoms with Gasteiger partial charge in [0.25, 0.3) is 0 Å². The highest BCUT2D eigenvalue weighted by Gasteiger charge is 2.04. The molecule has 1 aromatic rings. The number of benzene rings is 1. The van der Waals surface area contributed by atoms with E-state index in [4.69, 9.17) is 17.3 Å². The molecule has 0 aromatic heterocycles. The van der Waals surface area contributed by atoms with Gasteiger partial charge in [0.2, 0.25) is 5.91 Å². The van der Waals surface area contributed by atoms with E-state index < -0.39 is 0 Å². The number of amides is 1. The van der Waals surface area contributed by atoms with Crippen LogP contribution in [0.1, 0.15) is 12.8 Å². The van der Waals surface area contributed by atoms with Gasteiger partial charge in [0, 0.05) is 0 Å². The lowest BCUT2D eigenvalue weighted by Gasteiger charge is -2.06. The van der Waals surface area contributed by atoms with Crippen molar-refractivity contribution >= 4 is 35.0 Å². The molecule has 0 bridgehead atoms. The minimum absolute atomic E-state index is 0.0177. The fourth-order valence-electron chi connectivity index (χ4n) is 1.26. The molecule has 0 atom stereocenters. The van der Waals surface area contributed by atoms with Gasteiger partial charge in [-0.3, -0.25) is 4.79 Å². The van der Waals surface area contributed by atoms with Crippen molar-refractivity contribution in [2.24, 2.45) is 5.73 Å². The summed E-state index contributed by atoms with van der Waals surface area (Å²) in [5.74, 6) is 1.40. The van der Waals surface area contributed by atoms with Crippen molar-refractivity contribution in [2.75, 3.05) is 23.4 Å². The monoisotopic (exact) mass is 272 g/mol. The van der Waals surface area contributed by atoms with Gasteiger partial charge in [-0.15, -0.1) is 0 Å². The van der Waals surface area contributed by atoms with Crippen LogP contribution in [-0.2, 0) is 4.79 Å². The molecule has 0 spiro atoms. The Morgan fingerprint density at radius 2 is 2.12 bits per heavy atom. The van der Waals surface area contributed by atoms with Crippen LogP contribution in [-0.4, -0.2) is 24.0 Å². The maximum absolute atomic E-state index is 11.6. The summed E-state index contributed by atoms with van der Waals surface area (Å²) in [6.45, 7) is 0.715. The number of rotatable bonds is 7. The van der Waals surface area contributed by atoms with Gasteiger partial charge in [0.15, 0.2) is 0 Å². The molecule has 0 radical (unpaired) electrons. The van der Waals surface area contributed by atoms with E-state index in [1.54, 1.807) is 23.9 Å².